The summed E-state index contributed by atoms with van der Waals surface area (Å²) in [5.74, 6) is 1.91. The highest BCUT2D eigenvalue weighted by atomic mass is 32.2. The normalized spacial score (nSPS) is 17.0. The first-order valence-electron chi connectivity index (χ1n) is 13.3. The fourth-order valence-electron chi connectivity index (χ4n) is 4.34. The summed E-state index contributed by atoms with van der Waals surface area (Å²) < 4.78 is 10.8. The van der Waals surface area contributed by atoms with E-state index in [2.05, 4.69) is 9.98 Å². The van der Waals surface area contributed by atoms with E-state index >= 15 is 0 Å². The van der Waals surface area contributed by atoms with Crippen LogP contribution in [0, 0.1) is 0 Å². The van der Waals surface area contributed by atoms with Gasteiger partial charge in [-0.25, -0.2) is 9.98 Å². The SMILES string of the molecule is O=C1/C(=C/c2ccco2)N=C(SCc2ccccc2)N1CCN1C(=O)/C(=C/c2ccco2)N=C1SCc1ccccc1. The van der Waals surface area contributed by atoms with Crippen LogP contribution in [-0.4, -0.2) is 45.0 Å². The Kier molecular flexibility index (Phi) is 8.53. The minimum atomic E-state index is -0.240. The molecule has 0 aliphatic carbocycles. The summed E-state index contributed by atoms with van der Waals surface area (Å²) in [7, 11) is 0. The second-order valence-corrected chi connectivity index (χ2v) is 11.2. The van der Waals surface area contributed by atoms with Crippen molar-refractivity contribution in [2.75, 3.05) is 13.1 Å². The van der Waals surface area contributed by atoms with Crippen LogP contribution in [0.1, 0.15) is 22.6 Å². The molecule has 0 saturated carbocycles. The Labute approximate surface area is 251 Å². The third kappa shape index (κ3) is 6.50. The lowest BCUT2D eigenvalue weighted by Crippen LogP contribution is -2.41. The number of benzene rings is 2. The van der Waals surface area contributed by atoms with Gasteiger partial charge >= 0.3 is 0 Å². The Bertz CT molecular complexity index is 1540. The average molecular weight is 595 g/mol. The van der Waals surface area contributed by atoms with Gasteiger partial charge in [0.05, 0.1) is 12.5 Å². The van der Waals surface area contributed by atoms with Gasteiger partial charge in [-0.05, 0) is 35.4 Å². The van der Waals surface area contributed by atoms with E-state index in [-0.39, 0.29) is 24.9 Å². The smallest absolute Gasteiger partial charge is 0.278 e. The summed E-state index contributed by atoms with van der Waals surface area (Å²) in [6.07, 6.45) is 6.39. The molecule has 2 aliphatic heterocycles. The third-order valence-corrected chi connectivity index (χ3v) is 8.53. The van der Waals surface area contributed by atoms with Crippen molar-refractivity contribution < 1.29 is 18.4 Å². The molecule has 0 saturated heterocycles. The first-order chi connectivity index (χ1) is 20.6. The van der Waals surface area contributed by atoms with E-state index in [0.29, 0.717) is 44.8 Å². The van der Waals surface area contributed by atoms with E-state index in [9.17, 15) is 9.59 Å². The Balaban J connectivity index is 1.22. The van der Waals surface area contributed by atoms with Crippen LogP contribution in [-0.2, 0) is 21.1 Å². The maximum absolute atomic E-state index is 13.5. The summed E-state index contributed by atoms with van der Waals surface area (Å²) >= 11 is 2.96. The number of nitrogens with zero attached hydrogens (tertiary/aromatic N) is 4. The van der Waals surface area contributed by atoms with E-state index in [0.717, 1.165) is 11.1 Å². The lowest BCUT2D eigenvalue weighted by Gasteiger charge is -2.23. The molecule has 0 bridgehead atoms. The second kappa shape index (κ2) is 13.0. The van der Waals surface area contributed by atoms with Crippen LogP contribution in [0.4, 0.5) is 0 Å². The lowest BCUT2D eigenvalue weighted by atomic mass is 10.2. The van der Waals surface area contributed by atoms with E-state index in [4.69, 9.17) is 8.83 Å². The van der Waals surface area contributed by atoms with Crippen molar-refractivity contribution in [3.8, 4) is 0 Å². The predicted molar refractivity (Wildman–Crippen MR) is 167 cm³/mol. The van der Waals surface area contributed by atoms with Gasteiger partial charge in [-0.1, -0.05) is 84.2 Å². The molecule has 2 aromatic heterocycles. The number of amidine groups is 2. The molecular formula is C32H26N4O4S2. The molecular weight excluding hydrogens is 569 g/mol. The molecule has 0 spiro atoms. The van der Waals surface area contributed by atoms with Crippen molar-refractivity contribution >= 4 is 57.8 Å². The van der Waals surface area contributed by atoms with E-state index in [1.807, 2.05) is 60.7 Å². The lowest BCUT2D eigenvalue weighted by molar-refractivity contribution is -0.125. The molecule has 4 aromatic rings. The summed E-state index contributed by atoms with van der Waals surface area (Å²) in [5, 5.41) is 1.16. The summed E-state index contributed by atoms with van der Waals surface area (Å²) in [6.45, 7) is 0.499. The predicted octanol–water partition coefficient (Wildman–Crippen LogP) is 6.52. The van der Waals surface area contributed by atoms with Crippen LogP contribution in [0.3, 0.4) is 0 Å². The number of thioether (sulfide) groups is 2. The zero-order chi connectivity index (χ0) is 28.7. The second-order valence-electron chi connectivity index (χ2n) is 9.34. The van der Waals surface area contributed by atoms with E-state index in [1.165, 1.54) is 23.5 Å². The van der Waals surface area contributed by atoms with E-state index in [1.54, 1.807) is 58.7 Å². The van der Waals surface area contributed by atoms with Crippen molar-refractivity contribution in [2.24, 2.45) is 9.98 Å². The zero-order valence-corrected chi connectivity index (χ0v) is 24.1. The summed E-state index contributed by atoms with van der Waals surface area (Å²) in [6, 6.07) is 27.1. The number of carbonyl (C=O) groups is 2. The molecule has 4 heterocycles. The minimum Gasteiger partial charge on any atom is -0.465 e. The molecule has 0 fully saturated rings. The van der Waals surface area contributed by atoms with Crippen LogP contribution in [0.25, 0.3) is 12.2 Å². The van der Waals surface area contributed by atoms with Gasteiger partial charge in [-0.15, -0.1) is 0 Å². The molecule has 0 N–H and O–H groups in total. The van der Waals surface area contributed by atoms with Gasteiger partial charge in [-0.2, -0.15) is 0 Å². The van der Waals surface area contributed by atoms with Crippen molar-refractivity contribution in [3.63, 3.8) is 0 Å². The Morgan fingerprint density at radius 2 is 1.02 bits per heavy atom. The first kappa shape index (κ1) is 27.6. The van der Waals surface area contributed by atoms with Gasteiger partial charge in [0.25, 0.3) is 11.8 Å². The van der Waals surface area contributed by atoms with Crippen molar-refractivity contribution in [3.05, 3.63) is 131 Å². The van der Waals surface area contributed by atoms with Crippen LogP contribution < -0.4 is 0 Å². The molecule has 2 amide bonds. The van der Waals surface area contributed by atoms with Gasteiger partial charge in [-0.3, -0.25) is 19.4 Å². The molecule has 6 rings (SSSR count). The van der Waals surface area contributed by atoms with Crippen molar-refractivity contribution in [1.82, 2.24) is 9.80 Å². The fourth-order valence-corrected chi connectivity index (χ4v) is 6.30. The zero-order valence-electron chi connectivity index (χ0n) is 22.5. The number of hydrogen-bond acceptors (Lipinski definition) is 8. The first-order valence-corrected chi connectivity index (χ1v) is 15.3. The van der Waals surface area contributed by atoms with Crippen LogP contribution in [0.15, 0.2) is 128 Å². The number of hydrogen-bond donors (Lipinski definition) is 0. The molecule has 0 radical (unpaired) electrons. The number of rotatable bonds is 9. The van der Waals surface area contributed by atoms with Crippen LogP contribution >= 0.6 is 23.5 Å². The standard InChI is InChI=1S/C32H26N4O4S2/c37-29-27(19-25-13-7-17-39-25)33-31(41-21-23-9-3-1-4-10-23)35(29)15-16-36-30(38)28(20-26-14-8-18-40-26)34-32(36)42-22-24-11-5-2-6-12-24/h1-14,17-20H,15-16,21-22H2/b27-19-,28-20-. The summed E-state index contributed by atoms with van der Waals surface area (Å²) in [5.41, 5.74) is 2.82. The molecule has 0 unspecified atom stereocenters. The van der Waals surface area contributed by atoms with Crippen molar-refractivity contribution in [1.29, 1.82) is 0 Å². The highest BCUT2D eigenvalue weighted by Crippen LogP contribution is 2.29. The maximum atomic E-state index is 13.5. The van der Waals surface area contributed by atoms with Crippen molar-refractivity contribution in [2.45, 2.75) is 11.5 Å². The van der Waals surface area contributed by atoms with Crippen LogP contribution in [0.5, 0.6) is 0 Å². The quantitative estimate of drug-likeness (QED) is 0.205. The molecule has 8 nitrogen and oxygen atoms in total. The molecule has 2 aliphatic rings. The van der Waals surface area contributed by atoms with Gasteiger partial charge in [0.1, 0.15) is 22.9 Å². The summed E-state index contributed by atoms with van der Waals surface area (Å²) in [4.78, 5) is 39.6. The number of aliphatic imine (C=N–C) groups is 2. The van der Waals surface area contributed by atoms with Crippen LogP contribution in [0.2, 0.25) is 0 Å². The Morgan fingerprint density at radius 1 is 0.595 bits per heavy atom. The van der Waals surface area contributed by atoms with E-state index < -0.39 is 0 Å². The highest BCUT2D eigenvalue weighted by Gasteiger charge is 2.35. The van der Waals surface area contributed by atoms with Gasteiger partial charge < -0.3 is 8.83 Å². The molecule has 42 heavy (non-hydrogen) atoms. The average Bonchev–Trinajstić information content (AvgIpc) is 3.83. The molecule has 10 heteroatoms. The van der Waals surface area contributed by atoms with Gasteiger partial charge in [0.2, 0.25) is 0 Å². The van der Waals surface area contributed by atoms with Gasteiger partial charge in [0, 0.05) is 36.7 Å². The number of furan rings is 2. The fraction of sp³-hybridized carbons (Fsp3) is 0.125. The van der Waals surface area contributed by atoms with Gasteiger partial charge in [0.15, 0.2) is 10.3 Å². The topological polar surface area (TPSA) is 91.6 Å². The molecule has 0 atom stereocenters. The largest absolute Gasteiger partial charge is 0.465 e. The maximum Gasteiger partial charge on any atom is 0.278 e. The molecule has 2 aromatic carbocycles. The highest BCUT2D eigenvalue weighted by molar-refractivity contribution is 8.13. The Morgan fingerprint density at radius 3 is 1.40 bits per heavy atom. The number of amides is 2. The number of carbonyl (C=O) groups excluding carboxylic acids is 2. The monoisotopic (exact) mass is 594 g/mol. The Hall–Kier alpha value is -4.54. The molecule has 210 valence electrons. The third-order valence-electron chi connectivity index (χ3n) is 6.44. The minimum absolute atomic E-state index is 0.240.